The number of halogens is 1. The van der Waals surface area contributed by atoms with Gasteiger partial charge in [0.15, 0.2) is 5.82 Å². The maximum absolute atomic E-state index is 12.8. The molecule has 1 heterocycles. The molecule has 1 aliphatic rings. The van der Waals surface area contributed by atoms with Crippen LogP contribution in [0.4, 0.5) is 0 Å². The predicted molar refractivity (Wildman–Crippen MR) is 104 cm³/mol. The Morgan fingerprint density at radius 1 is 1.26 bits per heavy atom. The molecule has 0 radical (unpaired) electrons. The lowest BCUT2D eigenvalue weighted by atomic mass is 10.0. The minimum atomic E-state index is -0.771. The van der Waals surface area contributed by atoms with Crippen molar-refractivity contribution in [3.05, 3.63) is 59.4 Å². The first kappa shape index (κ1) is 19.0. The summed E-state index contributed by atoms with van der Waals surface area (Å²) in [6, 6.07) is 6.29. The van der Waals surface area contributed by atoms with Gasteiger partial charge in [-0.3, -0.25) is 9.59 Å². The molecule has 0 saturated heterocycles. The fourth-order valence-electron chi connectivity index (χ4n) is 3.02. The first-order valence-corrected chi connectivity index (χ1v) is 9.17. The van der Waals surface area contributed by atoms with E-state index >= 15 is 0 Å². The maximum atomic E-state index is 12.8. The number of hydrogen-bond acceptors (Lipinski definition) is 4. The summed E-state index contributed by atoms with van der Waals surface area (Å²) in [5.41, 5.74) is 1.33. The summed E-state index contributed by atoms with van der Waals surface area (Å²) in [7, 11) is 1.56. The van der Waals surface area contributed by atoms with Crippen LogP contribution in [0.2, 0.25) is 5.02 Å². The number of aromatic nitrogens is 2. The van der Waals surface area contributed by atoms with E-state index in [4.69, 9.17) is 11.6 Å². The Kier molecular flexibility index (Phi) is 5.86. The van der Waals surface area contributed by atoms with Gasteiger partial charge in [0.05, 0.1) is 0 Å². The summed E-state index contributed by atoms with van der Waals surface area (Å²) >= 11 is 6.33. The fraction of sp³-hybridized carbons (Fsp3) is 0.300. The van der Waals surface area contributed by atoms with Crippen LogP contribution in [-0.4, -0.2) is 39.8 Å². The van der Waals surface area contributed by atoms with Crippen LogP contribution in [-0.2, 0) is 9.59 Å². The topological polar surface area (TPSA) is 75.2 Å². The van der Waals surface area contributed by atoms with Crippen molar-refractivity contribution in [1.29, 1.82) is 0 Å². The average Bonchev–Trinajstić information content (AvgIpc) is 3.50. The molecule has 2 amide bonds. The van der Waals surface area contributed by atoms with E-state index in [1.54, 1.807) is 55.5 Å². The van der Waals surface area contributed by atoms with Crippen LogP contribution in [0, 0.1) is 0 Å². The zero-order valence-electron chi connectivity index (χ0n) is 15.2. The molecule has 140 valence electrons. The van der Waals surface area contributed by atoms with Crippen molar-refractivity contribution in [2.75, 3.05) is 7.05 Å². The molecule has 7 heteroatoms. The number of carbonyl (C=O) groups excluding carboxylic acids is 2. The van der Waals surface area contributed by atoms with E-state index in [2.05, 4.69) is 15.3 Å². The number of rotatable bonds is 6. The number of likely N-dealkylation sites (N-methyl/N-ethyl adjacent to an activating group) is 1. The highest BCUT2D eigenvalue weighted by Crippen LogP contribution is 2.37. The highest BCUT2D eigenvalue weighted by atomic mass is 35.5. The second-order valence-corrected chi connectivity index (χ2v) is 6.78. The van der Waals surface area contributed by atoms with E-state index in [1.807, 2.05) is 6.07 Å². The van der Waals surface area contributed by atoms with Gasteiger partial charge in [0.25, 0.3) is 0 Å². The summed E-state index contributed by atoms with van der Waals surface area (Å²) in [6.07, 6.45) is 8.22. The van der Waals surface area contributed by atoms with Crippen molar-refractivity contribution < 1.29 is 9.59 Å². The molecular weight excluding hydrogens is 364 g/mol. The molecule has 1 fully saturated rings. The van der Waals surface area contributed by atoms with E-state index in [0.29, 0.717) is 22.0 Å². The molecule has 27 heavy (non-hydrogen) atoms. The second kappa shape index (κ2) is 8.31. The molecule has 6 nitrogen and oxygen atoms in total. The summed E-state index contributed by atoms with van der Waals surface area (Å²) < 4.78 is 0. The largest absolute Gasteiger partial charge is 0.357 e. The summed E-state index contributed by atoms with van der Waals surface area (Å²) in [5.74, 6) is 0.0581. The summed E-state index contributed by atoms with van der Waals surface area (Å²) in [4.78, 5) is 35.6. The minimum Gasteiger partial charge on any atom is -0.357 e. The molecule has 0 spiro atoms. The third kappa shape index (κ3) is 4.34. The van der Waals surface area contributed by atoms with Gasteiger partial charge in [0, 0.05) is 36.1 Å². The summed E-state index contributed by atoms with van der Waals surface area (Å²) in [5, 5.41) is 3.13. The van der Waals surface area contributed by atoms with E-state index in [1.165, 1.54) is 6.08 Å². The number of allylic oxidation sites excluding steroid dienone is 1. The standard InChI is InChI=1S/C20H21ClN4O2/c1-3-5-17(26)25(16-6-7-16)18(20(27)22-2)13-10-14(12-15(21)11-13)19-23-8-4-9-24-19/h3-5,8-12,16,18H,6-7H2,1-2H3,(H,22,27)/b5-3-. The van der Waals surface area contributed by atoms with Gasteiger partial charge in [-0.15, -0.1) is 0 Å². The number of hydrogen-bond donors (Lipinski definition) is 1. The lowest BCUT2D eigenvalue weighted by molar-refractivity contribution is -0.137. The van der Waals surface area contributed by atoms with Gasteiger partial charge in [-0.1, -0.05) is 17.7 Å². The lowest BCUT2D eigenvalue weighted by Crippen LogP contribution is -2.43. The Morgan fingerprint density at radius 3 is 2.56 bits per heavy atom. The van der Waals surface area contributed by atoms with Crippen molar-refractivity contribution in [3.8, 4) is 11.4 Å². The van der Waals surface area contributed by atoms with Crippen LogP contribution in [0.3, 0.4) is 0 Å². The average molecular weight is 385 g/mol. The molecule has 2 aromatic rings. The Hall–Kier alpha value is -2.73. The molecule has 0 bridgehead atoms. The number of nitrogens with zero attached hydrogens (tertiary/aromatic N) is 3. The highest BCUT2D eigenvalue weighted by Gasteiger charge is 2.40. The number of amides is 2. The van der Waals surface area contributed by atoms with Crippen LogP contribution < -0.4 is 5.32 Å². The van der Waals surface area contributed by atoms with E-state index in [0.717, 1.165) is 12.8 Å². The van der Waals surface area contributed by atoms with E-state index in [-0.39, 0.29) is 17.9 Å². The van der Waals surface area contributed by atoms with Crippen molar-refractivity contribution in [1.82, 2.24) is 20.2 Å². The number of benzene rings is 1. The van der Waals surface area contributed by atoms with Crippen LogP contribution in [0.1, 0.15) is 31.4 Å². The van der Waals surface area contributed by atoms with Gasteiger partial charge in [0.1, 0.15) is 6.04 Å². The van der Waals surface area contributed by atoms with Gasteiger partial charge >= 0.3 is 0 Å². The second-order valence-electron chi connectivity index (χ2n) is 6.34. The van der Waals surface area contributed by atoms with Crippen molar-refractivity contribution in [2.45, 2.75) is 31.8 Å². The number of carbonyl (C=O) groups is 2. The lowest BCUT2D eigenvalue weighted by Gasteiger charge is -2.30. The summed E-state index contributed by atoms with van der Waals surface area (Å²) in [6.45, 7) is 1.78. The van der Waals surface area contributed by atoms with Crippen LogP contribution in [0.5, 0.6) is 0 Å². The van der Waals surface area contributed by atoms with Crippen molar-refractivity contribution in [2.24, 2.45) is 0 Å². The molecular formula is C20H21ClN4O2. The van der Waals surface area contributed by atoms with E-state index in [9.17, 15) is 9.59 Å². The SMILES string of the molecule is C/C=C\C(=O)N(C1CC1)C(C(=O)NC)c1cc(Cl)cc(-c2ncccn2)c1. The number of nitrogens with one attached hydrogen (secondary N) is 1. The third-order valence-corrected chi connectivity index (χ3v) is 4.55. The fourth-order valence-corrected chi connectivity index (χ4v) is 3.27. The first-order valence-electron chi connectivity index (χ1n) is 8.79. The van der Waals surface area contributed by atoms with Gasteiger partial charge < -0.3 is 10.2 Å². The Bertz CT molecular complexity index is 866. The quantitative estimate of drug-likeness (QED) is 0.776. The Balaban J connectivity index is 2.09. The Morgan fingerprint density at radius 2 is 1.96 bits per heavy atom. The van der Waals surface area contributed by atoms with Crippen LogP contribution in [0.25, 0.3) is 11.4 Å². The molecule has 1 N–H and O–H groups in total. The molecule has 1 atom stereocenters. The normalized spacial score (nSPS) is 14.8. The smallest absolute Gasteiger partial charge is 0.247 e. The van der Waals surface area contributed by atoms with Crippen molar-refractivity contribution in [3.63, 3.8) is 0 Å². The zero-order valence-corrected chi connectivity index (χ0v) is 16.0. The molecule has 1 saturated carbocycles. The third-order valence-electron chi connectivity index (χ3n) is 4.34. The predicted octanol–water partition coefficient (Wildman–Crippen LogP) is 3.15. The van der Waals surface area contributed by atoms with Gasteiger partial charge in [-0.05, 0) is 55.7 Å². The molecule has 1 aromatic heterocycles. The molecule has 1 aliphatic carbocycles. The van der Waals surface area contributed by atoms with Gasteiger partial charge in [0.2, 0.25) is 11.8 Å². The first-order chi connectivity index (χ1) is 13.0. The molecule has 1 aromatic carbocycles. The minimum absolute atomic E-state index is 0.0476. The zero-order chi connectivity index (χ0) is 19.4. The highest BCUT2D eigenvalue weighted by molar-refractivity contribution is 6.31. The molecule has 3 rings (SSSR count). The Labute approximate surface area is 163 Å². The monoisotopic (exact) mass is 384 g/mol. The van der Waals surface area contributed by atoms with Gasteiger partial charge in [-0.2, -0.15) is 0 Å². The van der Waals surface area contributed by atoms with Crippen LogP contribution >= 0.6 is 11.6 Å². The van der Waals surface area contributed by atoms with Crippen LogP contribution in [0.15, 0.2) is 48.8 Å². The molecule has 1 unspecified atom stereocenters. The molecule has 0 aliphatic heterocycles. The van der Waals surface area contributed by atoms with Gasteiger partial charge in [-0.25, -0.2) is 9.97 Å². The van der Waals surface area contributed by atoms with E-state index < -0.39 is 6.04 Å². The maximum Gasteiger partial charge on any atom is 0.247 e. The van der Waals surface area contributed by atoms with Crippen molar-refractivity contribution >= 4 is 23.4 Å².